The standard InChI is InChI=1S/C30H51N5O8Si/c1-17(43-44(14,15)30(11,12)13)21(36)18-16-31-22-19(32-18)20(23(37)40-27(2,3)4)33-24(34-22)35(25(38)41-28(5,6)7)26(39)42-29(8,9)10/h17-18,32H,16H2,1-15H3,(H,31,33,34)/t17-,18-/m0/s1. The SMILES string of the molecule is C[C@H](O[Si](C)(C)C(C)(C)C)C(=O)[C@@H]1CNc2nc(N(C(=O)OC(C)(C)C)C(=O)OC(C)(C)C)nc(C(=O)OC(C)(C)C)c2N1. The van der Waals surface area contributed by atoms with Gasteiger partial charge in [0.1, 0.15) is 34.6 Å². The van der Waals surface area contributed by atoms with Crippen LogP contribution >= 0.6 is 0 Å². The maximum Gasteiger partial charge on any atom is 0.427 e. The van der Waals surface area contributed by atoms with Crippen molar-refractivity contribution >= 4 is 49.7 Å². The number of carbonyl (C=O) groups is 4. The van der Waals surface area contributed by atoms with Crippen molar-refractivity contribution < 1.29 is 37.8 Å². The molecule has 44 heavy (non-hydrogen) atoms. The third kappa shape index (κ3) is 9.88. The number of imide groups is 1. The van der Waals surface area contributed by atoms with Gasteiger partial charge in [-0.15, -0.1) is 4.90 Å². The van der Waals surface area contributed by atoms with Gasteiger partial charge in [-0.2, -0.15) is 4.98 Å². The molecule has 1 aliphatic rings. The van der Waals surface area contributed by atoms with Crippen LogP contribution in [0.3, 0.4) is 0 Å². The first-order valence-electron chi connectivity index (χ1n) is 14.8. The van der Waals surface area contributed by atoms with Gasteiger partial charge in [0.2, 0.25) is 5.95 Å². The monoisotopic (exact) mass is 637 g/mol. The number of fused-ring (bicyclic) bond motifs is 1. The number of ether oxygens (including phenoxy) is 3. The zero-order valence-corrected chi connectivity index (χ0v) is 30.0. The van der Waals surface area contributed by atoms with Crippen molar-refractivity contribution in [3.63, 3.8) is 0 Å². The van der Waals surface area contributed by atoms with E-state index in [2.05, 4.69) is 54.5 Å². The number of hydrogen-bond donors (Lipinski definition) is 2. The van der Waals surface area contributed by atoms with Crippen molar-refractivity contribution in [2.24, 2.45) is 0 Å². The first-order valence-corrected chi connectivity index (χ1v) is 17.7. The molecular formula is C30H51N5O8Si. The number of anilines is 3. The lowest BCUT2D eigenvalue weighted by atomic mass is 10.1. The highest BCUT2D eigenvalue weighted by atomic mass is 28.4. The highest BCUT2D eigenvalue weighted by Gasteiger charge is 2.42. The third-order valence-electron chi connectivity index (χ3n) is 6.66. The summed E-state index contributed by atoms with van der Waals surface area (Å²) in [6.45, 7) is 27.1. The van der Waals surface area contributed by atoms with Crippen LogP contribution in [0.5, 0.6) is 0 Å². The molecule has 2 N–H and O–H groups in total. The second kappa shape index (κ2) is 12.6. The number of nitrogens with zero attached hydrogens (tertiary/aromatic N) is 3. The maximum atomic E-state index is 13.5. The van der Waals surface area contributed by atoms with Crippen LogP contribution in [0.4, 0.5) is 27.0 Å². The van der Waals surface area contributed by atoms with Gasteiger partial charge >= 0.3 is 18.2 Å². The normalized spacial score (nSPS) is 16.5. The molecule has 0 unspecified atom stereocenters. The Hall–Kier alpha value is -3.26. The van der Waals surface area contributed by atoms with Gasteiger partial charge in [0.05, 0.1) is 0 Å². The molecule has 0 bridgehead atoms. The van der Waals surface area contributed by atoms with Crippen LogP contribution in [0.15, 0.2) is 0 Å². The highest BCUT2D eigenvalue weighted by Crippen LogP contribution is 2.38. The van der Waals surface area contributed by atoms with Gasteiger partial charge in [-0.25, -0.2) is 19.4 Å². The molecule has 0 aliphatic carbocycles. The molecule has 1 aromatic heterocycles. The lowest BCUT2D eigenvalue weighted by Gasteiger charge is -2.39. The summed E-state index contributed by atoms with van der Waals surface area (Å²) in [5.74, 6) is -1.48. The molecule has 1 aromatic rings. The van der Waals surface area contributed by atoms with Crippen molar-refractivity contribution in [2.45, 2.75) is 137 Å². The number of Topliss-reactive ketones (excluding diaryl/α,β-unsaturated/α-hetero) is 1. The number of esters is 1. The van der Waals surface area contributed by atoms with Gasteiger partial charge in [0.15, 0.2) is 25.6 Å². The van der Waals surface area contributed by atoms with Crippen molar-refractivity contribution in [2.75, 3.05) is 22.1 Å². The predicted octanol–water partition coefficient (Wildman–Crippen LogP) is 6.29. The fourth-order valence-electron chi connectivity index (χ4n) is 3.70. The molecule has 13 nitrogen and oxygen atoms in total. The second-order valence-electron chi connectivity index (χ2n) is 15.4. The predicted molar refractivity (Wildman–Crippen MR) is 171 cm³/mol. The topological polar surface area (TPSA) is 158 Å². The van der Waals surface area contributed by atoms with Gasteiger partial charge in [-0.1, -0.05) is 20.8 Å². The van der Waals surface area contributed by atoms with E-state index in [1.54, 1.807) is 69.2 Å². The number of ketones is 1. The highest BCUT2D eigenvalue weighted by molar-refractivity contribution is 6.74. The van der Waals surface area contributed by atoms with Crippen LogP contribution in [0.2, 0.25) is 18.1 Å². The molecule has 0 spiro atoms. The number of rotatable bonds is 6. The zero-order valence-electron chi connectivity index (χ0n) is 29.0. The number of carbonyl (C=O) groups excluding carboxylic acids is 4. The molecule has 2 amide bonds. The summed E-state index contributed by atoms with van der Waals surface area (Å²) in [5, 5.41) is 6.03. The van der Waals surface area contributed by atoms with E-state index < -0.39 is 61.4 Å². The van der Waals surface area contributed by atoms with E-state index in [1.165, 1.54) is 0 Å². The summed E-state index contributed by atoms with van der Waals surface area (Å²) < 4.78 is 22.8. The minimum atomic E-state index is -2.26. The average Bonchev–Trinajstić information content (AvgIpc) is 2.78. The summed E-state index contributed by atoms with van der Waals surface area (Å²) in [4.78, 5) is 62.8. The van der Waals surface area contributed by atoms with Crippen molar-refractivity contribution in [3.05, 3.63) is 5.69 Å². The molecule has 0 fully saturated rings. The molecule has 2 rings (SSSR count). The van der Waals surface area contributed by atoms with E-state index in [1.807, 2.05) is 0 Å². The van der Waals surface area contributed by atoms with Gasteiger partial charge in [-0.3, -0.25) is 4.79 Å². The van der Waals surface area contributed by atoms with Crippen LogP contribution in [0.25, 0.3) is 0 Å². The van der Waals surface area contributed by atoms with Gasteiger partial charge in [-0.05, 0) is 87.4 Å². The zero-order chi connectivity index (χ0) is 34.2. The van der Waals surface area contributed by atoms with Crippen LogP contribution in [0, 0.1) is 0 Å². The number of aromatic nitrogens is 2. The molecule has 2 atom stereocenters. The van der Waals surface area contributed by atoms with Crippen molar-refractivity contribution in [1.82, 2.24) is 9.97 Å². The summed E-state index contributed by atoms with van der Waals surface area (Å²) in [6, 6.07) is -0.800. The Kier molecular flexibility index (Phi) is 10.6. The molecule has 248 valence electrons. The lowest BCUT2D eigenvalue weighted by molar-refractivity contribution is -0.126. The second-order valence-corrected chi connectivity index (χ2v) is 20.2. The molecule has 14 heteroatoms. The summed E-state index contributed by atoms with van der Waals surface area (Å²) in [6.07, 6.45) is -2.93. The van der Waals surface area contributed by atoms with Crippen LogP contribution in [0.1, 0.15) is 100 Å². The Morgan fingerprint density at radius 2 is 1.30 bits per heavy atom. The molecule has 2 heterocycles. The van der Waals surface area contributed by atoms with Gasteiger partial charge in [0.25, 0.3) is 0 Å². The first-order chi connectivity index (χ1) is 19.6. The first kappa shape index (κ1) is 36.9. The van der Waals surface area contributed by atoms with Crippen molar-refractivity contribution in [1.29, 1.82) is 0 Å². The van der Waals surface area contributed by atoms with Gasteiger partial charge < -0.3 is 29.3 Å². The molecule has 0 saturated carbocycles. The number of hydrogen-bond acceptors (Lipinski definition) is 12. The smallest absolute Gasteiger partial charge is 0.427 e. The Balaban J connectivity index is 2.62. The molecule has 0 aromatic carbocycles. The number of amides is 2. The Morgan fingerprint density at radius 3 is 1.73 bits per heavy atom. The maximum absolute atomic E-state index is 13.5. The largest absolute Gasteiger partial charge is 0.455 e. The fourth-order valence-corrected chi connectivity index (χ4v) is 5.05. The van der Waals surface area contributed by atoms with E-state index in [0.717, 1.165) is 0 Å². The minimum Gasteiger partial charge on any atom is -0.455 e. The quantitative estimate of drug-likeness (QED) is 0.204. The molecular weight excluding hydrogens is 586 g/mol. The average molecular weight is 638 g/mol. The third-order valence-corrected chi connectivity index (χ3v) is 11.2. The van der Waals surface area contributed by atoms with E-state index in [4.69, 9.17) is 18.6 Å². The molecule has 0 radical (unpaired) electrons. The van der Waals surface area contributed by atoms with Crippen molar-refractivity contribution in [3.8, 4) is 0 Å². The van der Waals surface area contributed by atoms with E-state index in [9.17, 15) is 19.2 Å². The number of nitrogens with one attached hydrogen (secondary N) is 2. The molecule has 0 saturated heterocycles. The van der Waals surface area contributed by atoms with Crippen LogP contribution in [-0.2, 0) is 23.4 Å². The minimum absolute atomic E-state index is 0.0787. The van der Waals surface area contributed by atoms with Crippen LogP contribution in [-0.4, -0.2) is 77.7 Å². The summed E-state index contributed by atoms with van der Waals surface area (Å²) >= 11 is 0. The molecule has 1 aliphatic heterocycles. The lowest BCUT2D eigenvalue weighted by Crippen LogP contribution is -2.50. The van der Waals surface area contributed by atoms with E-state index >= 15 is 0 Å². The Labute approximate surface area is 262 Å². The van der Waals surface area contributed by atoms with E-state index in [0.29, 0.717) is 4.90 Å². The van der Waals surface area contributed by atoms with E-state index in [-0.39, 0.29) is 34.6 Å². The van der Waals surface area contributed by atoms with Crippen LogP contribution < -0.4 is 15.5 Å². The summed E-state index contributed by atoms with van der Waals surface area (Å²) in [5.41, 5.74) is -3.07. The fraction of sp³-hybridized carbons (Fsp3) is 0.733. The Bertz CT molecular complexity index is 1240. The summed E-state index contributed by atoms with van der Waals surface area (Å²) in [7, 11) is -2.26. The Morgan fingerprint density at radius 1 is 0.818 bits per heavy atom. The van der Waals surface area contributed by atoms with Gasteiger partial charge in [0, 0.05) is 6.54 Å².